The molecule has 82 valence electrons. The van der Waals surface area contributed by atoms with E-state index in [2.05, 4.69) is 0 Å². The molecule has 0 amide bonds. The maximum atomic E-state index is 9.41. The zero-order valence-electron chi connectivity index (χ0n) is 8.30. The van der Waals surface area contributed by atoms with Crippen LogP contribution < -0.4 is 4.74 Å². The molecule has 1 heterocycles. The maximum absolute atomic E-state index is 9.41. The van der Waals surface area contributed by atoms with Crippen LogP contribution in [-0.4, -0.2) is 35.6 Å². The molecule has 1 saturated heterocycles. The van der Waals surface area contributed by atoms with Crippen molar-refractivity contribution in [2.24, 2.45) is 0 Å². The van der Waals surface area contributed by atoms with E-state index < -0.39 is 0 Å². The second-order valence-electron chi connectivity index (χ2n) is 3.50. The van der Waals surface area contributed by atoms with Gasteiger partial charge in [-0.15, -0.1) is 0 Å². The Morgan fingerprint density at radius 1 is 1.27 bits per heavy atom. The highest BCUT2D eigenvalue weighted by molar-refractivity contribution is 5.37. The van der Waals surface area contributed by atoms with Crippen molar-refractivity contribution in [1.82, 2.24) is 0 Å². The van der Waals surface area contributed by atoms with E-state index in [1.807, 2.05) is 0 Å². The second kappa shape index (κ2) is 4.51. The lowest BCUT2D eigenvalue weighted by Crippen LogP contribution is -2.08. The second-order valence-corrected chi connectivity index (χ2v) is 3.50. The lowest BCUT2D eigenvalue weighted by Gasteiger charge is -2.05. The number of rotatable bonds is 5. The van der Waals surface area contributed by atoms with Crippen LogP contribution in [0.4, 0.5) is 0 Å². The van der Waals surface area contributed by atoms with Crippen molar-refractivity contribution in [3.8, 4) is 11.5 Å². The maximum Gasteiger partial charge on any atom is 0.161 e. The van der Waals surface area contributed by atoms with Gasteiger partial charge in [0.15, 0.2) is 11.5 Å². The molecule has 15 heavy (non-hydrogen) atoms. The summed E-state index contributed by atoms with van der Waals surface area (Å²) in [5.74, 6) is 0.604. The fraction of sp³-hybridized carbons (Fsp3) is 0.455. The number of epoxide rings is 1. The first-order chi connectivity index (χ1) is 7.31. The summed E-state index contributed by atoms with van der Waals surface area (Å²) in [7, 11) is 0. The van der Waals surface area contributed by atoms with Gasteiger partial charge in [-0.05, 0) is 18.6 Å². The standard InChI is InChI=1S/C11H14O4/c12-6-5-10-11(15-10)7-14-9-4-2-1-3-8(9)13/h1-4,10-13H,5-7H2/t10-,11-/m1/s1. The Labute approximate surface area is 88.1 Å². The third-order valence-electron chi connectivity index (χ3n) is 2.37. The number of ether oxygens (including phenoxy) is 2. The van der Waals surface area contributed by atoms with E-state index in [9.17, 15) is 5.11 Å². The molecule has 0 aliphatic carbocycles. The van der Waals surface area contributed by atoms with E-state index in [4.69, 9.17) is 14.6 Å². The summed E-state index contributed by atoms with van der Waals surface area (Å²) in [4.78, 5) is 0. The summed E-state index contributed by atoms with van der Waals surface area (Å²) in [6.07, 6.45) is 0.812. The average molecular weight is 210 g/mol. The topological polar surface area (TPSA) is 62.2 Å². The highest BCUT2D eigenvalue weighted by atomic mass is 16.6. The van der Waals surface area contributed by atoms with Crippen LogP contribution in [0, 0.1) is 0 Å². The molecule has 2 atom stereocenters. The molecule has 1 aliphatic rings. The number of aliphatic hydroxyl groups excluding tert-OH is 1. The summed E-state index contributed by atoms with van der Waals surface area (Å²) < 4.78 is 10.6. The summed E-state index contributed by atoms with van der Waals surface area (Å²) in [6.45, 7) is 0.556. The lowest BCUT2D eigenvalue weighted by molar-refractivity contribution is 0.244. The molecule has 4 nitrogen and oxygen atoms in total. The van der Waals surface area contributed by atoms with E-state index in [-0.39, 0.29) is 24.6 Å². The van der Waals surface area contributed by atoms with Gasteiger partial charge in [-0.2, -0.15) is 0 Å². The normalized spacial score (nSPS) is 23.8. The van der Waals surface area contributed by atoms with Gasteiger partial charge in [0.25, 0.3) is 0 Å². The number of phenols is 1. The molecule has 4 heteroatoms. The van der Waals surface area contributed by atoms with Gasteiger partial charge in [0.05, 0.1) is 6.10 Å². The third kappa shape index (κ3) is 2.61. The van der Waals surface area contributed by atoms with Gasteiger partial charge < -0.3 is 19.7 Å². The van der Waals surface area contributed by atoms with Gasteiger partial charge in [-0.25, -0.2) is 0 Å². The van der Waals surface area contributed by atoms with Crippen molar-refractivity contribution < 1.29 is 19.7 Å². The zero-order chi connectivity index (χ0) is 10.7. The zero-order valence-corrected chi connectivity index (χ0v) is 8.30. The van der Waals surface area contributed by atoms with Gasteiger partial charge in [-0.1, -0.05) is 12.1 Å². The summed E-state index contributed by atoms with van der Waals surface area (Å²) in [6, 6.07) is 6.82. The van der Waals surface area contributed by atoms with E-state index in [1.54, 1.807) is 24.3 Å². The highest BCUT2D eigenvalue weighted by Crippen LogP contribution is 2.29. The number of phenolic OH excluding ortho intramolecular Hbond substituents is 1. The van der Waals surface area contributed by atoms with E-state index >= 15 is 0 Å². The van der Waals surface area contributed by atoms with Gasteiger partial charge in [0.1, 0.15) is 12.7 Å². The summed E-state index contributed by atoms with van der Waals surface area (Å²) >= 11 is 0. The predicted molar refractivity (Wildman–Crippen MR) is 54.0 cm³/mol. The number of hydrogen-bond acceptors (Lipinski definition) is 4. The average Bonchev–Trinajstić information content (AvgIpc) is 2.96. The molecule has 1 fully saturated rings. The molecule has 1 aromatic rings. The van der Waals surface area contributed by atoms with E-state index in [1.165, 1.54) is 0 Å². The molecule has 0 unspecified atom stereocenters. The Morgan fingerprint density at radius 3 is 2.80 bits per heavy atom. The predicted octanol–water partition coefficient (Wildman–Crippen LogP) is 0.921. The third-order valence-corrected chi connectivity index (χ3v) is 2.37. The number of aromatic hydroxyl groups is 1. The number of benzene rings is 1. The van der Waals surface area contributed by atoms with Crippen LogP contribution in [0.25, 0.3) is 0 Å². The van der Waals surface area contributed by atoms with Crippen LogP contribution in [0.3, 0.4) is 0 Å². The number of para-hydroxylation sites is 2. The Bertz CT molecular complexity index is 326. The van der Waals surface area contributed by atoms with E-state index in [0.717, 1.165) is 0 Å². The van der Waals surface area contributed by atoms with E-state index in [0.29, 0.717) is 18.8 Å². The van der Waals surface area contributed by atoms with Crippen LogP contribution in [0.5, 0.6) is 11.5 Å². The van der Waals surface area contributed by atoms with Crippen molar-refractivity contribution in [3.63, 3.8) is 0 Å². The van der Waals surface area contributed by atoms with Crippen molar-refractivity contribution in [3.05, 3.63) is 24.3 Å². The molecule has 0 saturated carbocycles. The Balaban J connectivity index is 1.78. The molecule has 1 aromatic carbocycles. The first-order valence-corrected chi connectivity index (χ1v) is 4.98. The molecule has 2 N–H and O–H groups in total. The molecule has 0 radical (unpaired) electrons. The van der Waals surface area contributed by atoms with Gasteiger partial charge in [0, 0.05) is 6.61 Å². The van der Waals surface area contributed by atoms with Crippen molar-refractivity contribution in [2.45, 2.75) is 18.6 Å². The van der Waals surface area contributed by atoms with Crippen LogP contribution >= 0.6 is 0 Å². The summed E-state index contributed by atoms with van der Waals surface area (Å²) in [5, 5.41) is 18.1. The number of aliphatic hydroxyl groups is 1. The van der Waals surface area contributed by atoms with Gasteiger partial charge >= 0.3 is 0 Å². The largest absolute Gasteiger partial charge is 0.504 e. The first kappa shape index (κ1) is 10.3. The quantitative estimate of drug-likeness (QED) is 0.709. The van der Waals surface area contributed by atoms with Crippen molar-refractivity contribution >= 4 is 0 Å². The first-order valence-electron chi connectivity index (χ1n) is 4.98. The molecule has 0 bridgehead atoms. The smallest absolute Gasteiger partial charge is 0.161 e. The van der Waals surface area contributed by atoms with Crippen LogP contribution in [0.1, 0.15) is 6.42 Å². The molecule has 1 aliphatic heterocycles. The Morgan fingerprint density at radius 2 is 2.07 bits per heavy atom. The Kier molecular flexibility index (Phi) is 3.08. The Hall–Kier alpha value is -1.26. The van der Waals surface area contributed by atoms with Gasteiger partial charge in [-0.3, -0.25) is 0 Å². The van der Waals surface area contributed by atoms with Crippen LogP contribution in [-0.2, 0) is 4.74 Å². The van der Waals surface area contributed by atoms with Crippen LogP contribution in [0.15, 0.2) is 24.3 Å². The molecule has 2 rings (SSSR count). The van der Waals surface area contributed by atoms with Crippen LogP contribution in [0.2, 0.25) is 0 Å². The highest BCUT2D eigenvalue weighted by Gasteiger charge is 2.38. The molecular formula is C11H14O4. The molecule has 0 aromatic heterocycles. The minimum absolute atomic E-state index is 0.0526. The van der Waals surface area contributed by atoms with Crippen molar-refractivity contribution in [2.75, 3.05) is 13.2 Å². The fourth-order valence-corrected chi connectivity index (χ4v) is 1.46. The van der Waals surface area contributed by atoms with Crippen molar-refractivity contribution in [1.29, 1.82) is 0 Å². The fourth-order valence-electron chi connectivity index (χ4n) is 1.46. The van der Waals surface area contributed by atoms with Gasteiger partial charge in [0.2, 0.25) is 0 Å². The summed E-state index contributed by atoms with van der Waals surface area (Å²) in [5.41, 5.74) is 0. The SMILES string of the molecule is OCC[C@H]1O[C@@H]1COc1ccccc1O. The minimum atomic E-state index is 0.0526. The lowest BCUT2D eigenvalue weighted by atomic mass is 10.2. The molecular weight excluding hydrogens is 196 g/mol. The monoisotopic (exact) mass is 210 g/mol. The molecule has 0 spiro atoms. The minimum Gasteiger partial charge on any atom is -0.504 e. The number of hydrogen-bond donors (Lipinski definition) is 2.